The van der Waals surface area contributed by atoms with Gasteiger partial charge in [-0.15, -0.1) is 0 Å². The van der Waals surface area contributed by atoms with E-state index in [1.54, 1.807) is 0 Å². The molecule has 0 spiro atoms. The number of benzene rings is 1. The summed E-state index contributed by atoms with van der Waals surface area (Å²) in [6.07, 6.45) is 2.61. The number of hydrogen-bond donors (Lipinski definition) is 2. The van der Waals surface area contributed by atoms with Crippen LogP contribution in [0, 0.1) is 5.92 Å². The van der Waals surface area contributed by atoms with E-state index in [0.29, 0.717) is 19.0 Å². The number of nitrogens with one attached hydrogen (secondary N) is 1. The van der Waals surface area contributed by atoms with Crippen LogP contribution < -0.4 is 11.1 Å². The monoisotopic (exact) mass is 301 g/mol. The van der Waals surface area contributed by atoms with Crippen LogP contribution in [0.5, 0.6) is 0 Å². The molecule has 1 aromatic rings. The van der Waals surface area contributed by atoms with Gasteiger partial charge in [0.1, 0.15) is 0 Å². The van der Waals surface area contributed by atoms with Crippen LogP contribution in [0.25, 0.3) is 0 Å². The maximum absolute atomic E-state index is 12.4. The van der Waals surface area contributed by atoms with Crippen molar-refractivity contribution in [1.29, 1.82) is 0 Å². The lowest BCUT2D eigenvalue weighted by atomic mass is 9.94. The maximum Gasteiger partial charge on any atom is 0.225 e. The minimum Gasteiger partial charge on any atom is -0.351 e. The molecule has 1 aliphatic carbocycles. The molecule has 3 N–H and O–H groups in total. The number of rotatable bonds is 5. The van der Waals surface area contributed by atoms with Gasteiger partial charge in [0, 0.05) is 25.0 Å². The average Bonchev–Trinajstić information content (AvgIpc) is 3.30. The van der Waals surface area contributed by atoms with E-state index >= 15 is 0 Å². The first-order valence-corrected chi connectivity index (χ1v) is 7.96. The molecule has 1 saturated heterocycles. The molecular formula is C17H23N3O2. The third-order valence-corrected chi connectivity index (χ3v) is 4.63. The molecule has 2 fully saturated rings. The Morgan fingerprint density at radius 2 is 2.00 bits per heavy atom. The van der Waals surface area contributed by atoms with Gasteiger partial charge >= 0.3 is 0 Å². The summed E-state index contributed by atoms with van der Waals surface area (Å²) < 4.78 is 0. The Labute approximate surface area is 130 Å². The molecule has 3 rings (SSSR count). The summed E-state index contributed by atoms with van der Waals surface area (Å²) in [5, 5.41) is 2.99. The van der Waals surface area contributed by atoms with Gasteiger partial charge in [-0.3, -0.25) is 9.59 Å². The third kappa shape index (κ3) is 3.14. The summed E-state index contributed by atoms with van der Waals surface area (Å²) in [7, 11) is 0. The summed E-state index contributed by atoms with van der Waals surface area (Å²) >= 11 is 0. The van der Waals surface area contributed by atoms with Gasteiger partial charge in [-0.05, 0) is 18.4 Å². The molecule has 0 radical (unpaired) electrons. The molecule has 5 heteroatoms. The molecule has 0 aromatic heterocycles. The highest BCUT2D eigenvalue weighted by atomic mass is 16.2. The van der Waals surface area contributed by atoms with E-state index < -0.39 is 0 Å². The zero-order valence-corrected chi connectivity index (χ0v) is 12.9. The van der Waals surface area contributed by atoms with Gasteiger partial charge < -0.3 is 16.0 Å². The Balaban J connectivity index is 1.56. The molecule has 118 valence electrons. The van der Waals surface area contributed by atoms with Crippen molar-refractivity contribution in [1.82, 2.24) is 10.2 Å². The summed E-state index contributed by atoms with van der Waals surface area (Å²) in [6.45, 7) is 2.48. The first-order valence-electron chi connectivity index (χ1n) is 7.96. The molecular weight excluding hydrogens is 278 g/mol. The molecule has 3 unspecified atom stereocenters. The number of likely N-dealkylation sites (tertiary alicyclic amines) is 1. The van der Waals surface area contributed by atoms with Gasteiger partial charge in [0.2, 0.25) is 11.8 Å². The second-order valence-electron chi connectivity index (χ2n) is 6.41. The SMILES string of the molecule is CC(C(=O)NC1CC(=O)N(C2CC2)C1)C(N)c1ccccc1. The molecule has 1 saturated carbocycles. The van der Waals surface area contributed by atoms with E-state index in [2.05, 4.69) is 5.32 Å². The highest BCUT2D eigenvalue weighted by Crippen LogP contribution is 2.30. The van der Waals surface area contributed by atoms with Crippen molar-refractivity contribution >= 4 is 11.8 Å². The van der Waals surface area contributed by atoms with Crippen LogP contribution in [0.3, 0.4) is 0 Å². The summed E-state index contributed by atoms with van der Waals surface area (Å²) in [5.74, 6) is -0.243. The van der Waals surface area contributed by atoms with Crippen LogP contribution in [-0.2, 0) is 9.59 Å². The van der Waals surface area contributed by atoms with Gasteiger partial charge in [0.05, 0.1) is 12.0 Å². The second kappa shape index (κ2) is 6.08. The fraction of sp³-hybridized carbons (Fsp3) is 0.529. The molecule has 1 heterocycles. The van der Waals surface area contributed by atoms with Gasteiger partial charge in [-0.1, -0.05) is 37.3 Å². The number of nitrogens with zero attached hydrogens (tertiary/aromatic N) is 1. The lowest BCUT2D eigenvalue weighted by Gasteiger charge is -2.22. The van der Waals surface area contributed by atoms with Crippen LogP contribution in [0.2, 0.25) is 0 Å². The zero-order chi connectivity index (χ0) is 15.7. The van der Waals surface area contributed by atoms with Crippen molar-refractivity contribution in [2.45, 2.75) is 44.3 Å². The largest absolute Gasteiger partial charge is 0.351 e. The van der Waals surface area contributed by atoms with Crippen molar-refractivity contribution < 1.29 is 9.59 Å². The quantitative estimate of drug-likeness (QED) is 0.858. The van der Waals surface area contributed by atoms with E-state index in [1.165, 1.54) is 0 Å². The number of nitrogens with two attached hydrogens (primary N) is 1. The summed E-state index contributed by atoms with van der Waals surface area (Å²) in [5.41, 5.74) is 7.14. The zero-order valence-electron chi connectivity index (χ0n) is 12.9. The molecule has 5 nitrogen and oxygen atoms in total. The lowest BCUT2D eigenvalue weighted by Crippen LogP contribution is -2.42. The van der Waals surface area contributed by atoms with Gasteiger partial charge in [0.15, 0.2) is 0 Å². The second-order valence-corrected chi connectivity index (χ2v) is 6.41. The number of hydrogen-bond acceptors (Lipinski definition) is 3. The Kier molecular flexibility index (Phi) is 4.16. The van der Waals surface area contributed by atoms with Gasteiger partial charge in [-0.25, -0.2) is 0 Å². The van der Waals surface area contributed by atoms with Crippen molar-refractivity contribution in [2.24, 2.45) is 11.7 Å². The van der Waals surface area contributed by atoms with Gasteiger partial charge in [0.25, 0.3) is 0 Å². The molecule has 2 aliphatic rings. The minimum atomic E-state index is -0.335. The fourth-order valence-corrected chi connectivity index (χ4v) is 3.03. The minimum absolute atomic E-state index is 0.0770. The topological polar surface area (TPSA) is 75.4 Å². The summed E-state index contributed by atoms with van der Waals surface area (Å²) in [6, 6.07) is 9.64. The fourth-order valence-electron chi connectivity index (χ4n) is 3.03. The first-order chi connectivity index (χ1) is 10.6. The molecule has 22 heavy (non-hydrogen) atoms. The predicted molar refractivity (Wildman–Crippen MR) is 83.8 cm³/mol. The van der Waals surface area contributed by atoms with Crippen LogP contribution in [0.1, 0.15) is 37.8 Å². The summed E-state index contributed by atoms with van der Waals surface area (Å²) in [4.78, 5) is 26.2. The van der Waals surface area contributed by atoms with Crippen LogP contribution in [-0.4, -0.2) is 35.3 Å². The van der Waals surface area contributed by atoms with Crippen molar-refractivity contribution in [3.05, 3.63) is 35.9 Å². The van der Waals surface area contributed by atoms with E-state index in [-0.39, 0.29) is 29.8 Å². The Hall–Kier alpha value is -1.88. The first kappa shape index (κ1) is 15.0. The highest BCUT2D eigenvalue weighted by molar-refractivity contribution is 5.83. The molecule has 1 aromatic carbocycles. The number of carbonyl (C=O) groups excluding carboxylic acids is 2. The van der Waals surface area contributed by atoms with Crippen LogP contribution >= 0.6 is 0 Å². The lowest BCUT2D eigenvalue weighted by molar-refractivity contribution is -0.128. The van der Waals surface area contributed by atoms with Crippen LogP contribution in [0.15, 0.2) is 30.3 Å². The van der Waals surface area contributed by atoms with Gasteiger partial charge in [-0.2, -0.15) is 0 Å². The normalized spacial score (nSPS) is 24.2. The highest BCUT2D eigenvalue weighted by Gasteiger charge is 2.40. The Morgan fingerprint density at radius 3 is 2.64 bits per heavy atom. The van der Waals surface area contributed by atoms with E-state index in [9.17, 15) is 9.59 Å². The van der Waals surface area contributed by atoms with Crippen molar-refractivity contribution in [2.75, 3.05) is 6.54 Å². The number of carbonyl (C=O) groups is 2. The van der Waals surface area contributed by atoms with E-state index in [4.69, 9.17) is 5.73 Å². The molecule has 2 amide bonds. The smallest absolute Gasteiger partial charge is 0.225 e. The molecule has 1 aliphatic heterocycles. The average molecular weight is 301 g/mol. The van der Waals surface area contributed by atoms with E-state index in [0.717, 1.165) is 18.4 Å². The van der Waals surface area contributed by atoms with Crippen molar-refractivity contribution in [3.63, 3.8) is 0 Å². The Morgan fingerprint density at radius 1 is 1.32 bits per heavy atom. The van der Waals surface area contributed by atoms with Crippen molar-refractivity contribution in [3.8, 4) is 0 Å². The molecule has 0 bridgehead atoms. The van der Waals surface area contributed by atoms with E-state index in [1.807, 2.05) is 42.2 Å². The molecule has 3 atom stereocenters. The Bertz CT molecular complexity index is 556. The van der Waals surface area contributed by atoms with Crippen LogP contribution in [0.4, 0.5) is 0 Å². The number of amides is 2. The predicted octanol–water partition coefficient (Wildman–Crippen LogP) is 1.20. The standard InChI is InChI=1S/C17H23N3O2/c1-11(16(18)12-5-3-2-4-6-12)17(22)19-13-9-15(21)20(10-13)14-7-8-14/h2-6,11,13-14,16H,7-10,18H2,1H3,(H,19,22). The third-order valence-electron chi connectivity index (χ3n) is 4.63. The maximum atomic E-state index is 12.4.